The van der Waals surface area contributed by atoms with E-state index in [9.17, 15) is 0 Å². The van der Waals surface area contributed by atoms with Crippen molar-refractivity contribution >= 4 is 16.8 Å². The first-order valence-corrected chi connectivity index (χ1v) is 9.54. The van der Waals surface area contributed by atoms with Gasteiger partial charge in [-0.25, -0.2) is 0 Å². The number of benzene rings is 3. The number of unbranched alkanes of at least 4 members (excludes halogenated alkanes) is 3. The molecule has 3 aromatic rings. The first-order valence-electron chi connectivity index (χ1n) is 9.54. The summed E-state index contributed by atoms with van der Waals surface area (Å²) in [6.07, 6.45) is 11.0. The van der Waals surface area contributed by atoms with Gasteiger partial charge in [0.15, 0.2) is 0 Å². The first kappa shape index (κ1) is 16.1. The van der Waals surface area contributed by atoms with E-state index in [1.807, 2.05) is 0 Å². The molecule has 0 saturated carbocycles. The van der Waals surface area contributed by atoms with Gasteiger partial charge in [-0.15, -0.1) is 0 Å². The van der Waals surface area contributed by atoms with E-state index >= 15 is 0 Å². The molecule has 0 unspecified atom stereocenters. The standard InChI is InChI=1S/C25H25/c1-2-3-4-5-12-21-16-15-20-11-7-9-14-23(20)25(21)24-18-17-19-10-6-8-13-22(19)24/h6-11,13-18H,2-5,12H2,1H3. The van der Waals surface area contributed by atoms with E-state index in [1.54, 1.807) is 0 Å². The van der Waals surface area contributed by atoms with Crippen molar-refractivity contribution in [1.82, 2.24) is 0 Å². The maximum Gasteiger partial charge on any atom is 0.0572 e. The van der Waals surface area contributed by atoms with Crippen molar-refractivity contribution in [3.05, 3.63) is 94.9 Å². The predicted octanol–water partition coefficient (Wildman–Crippen LogP) is 6.96. The van der Waals surface area contributed by atoms with Crippen LogP contribution in [-0.2, 0) is 6.42 Å². The SMILES string of the molecule is CCCCCCc1ccc2ccccc2c1[C]1C=Cc2ccccc21. The molecule has 125 valence electrons. The van der Waals surface area contributed by atoms with E-state index in [0.717, 1.165) is 0 Å². The molecule has 0 aliphatic heterocycles. The molecule has 0 N–H and O–H groups in total. The Labute approximate surface area is 151 Å². The molecule has 25 heavy (non-hydrogen) atoms. The summed E-state index contributed by atoms with van der Waals surface area (Å²) in [5.74, 6) is 1.39. The molecule has 3 aromatic carbocycles. The lowest BCUT2D eigenvalue weighted by molar-refractivity contribution is 0.666. The van der Waals surface area contributed by atoms with Gasteiger partial charge in [0.2, 0.25) is 0 Å². The Morgan fingerprint density at radius 1 is 0.720 bits per heavy atom. The highest BCUT2D eigenvalue weighted by molar-refractivity contribution is 5.92. The number of hydrogen-bond acceptors (Lipinski definition) is 0. The molecule has 4 rings (SSSR count). The number of allylic oxidation sites excluding steroid dienone is 1. The molecule has 1 aliphatic rings. The van der Waals surface area contributed by atoms with Crippen molar-refractivity contribution in [2.75, 3.05) is 0 Å². The molecule has 0 heterocycles. The molecular weight excluding hydrogens is 300 g/mol. The molecule has 0 aromatic heterocycles. The maximum absolute atomic E-state index is 2.35. The highest BCUT2D eigenvalue weighted by Gasteiger charge is 2.23. The molecule has 0 heteroatoms. The van der Waals surface area contributed by atoms with Gasteiger partial charge in [-0.1, -0.05) is 99.0 Å². The molecule has 0 amide bonds. The highest BCUT2D eigenvalue weighted by Crippen LogP contribution is 2.39. The fourth-order valence-corrected chi connectivity index (χ4v) is 3.95. The zero-order valence-electron chi connectivity index (χ0n) is 15.0. The van der Waals surface area contributed by atoms with Gasteiger partial charge in [0.05, 0.1) is 5.92 Å². The third-order valence-corrected chi connectivity index (χ3v) is 5.26. The van der Waals surface area contributed by atoms with Crippen LogP contribution in [0.2, 0.25) is 0 Å². The lowest BCUT2D eigenvalue weighted by Gasteiger charge is -2.19. The quantitative estimate of drug-likeness (QED) is 0.430. The lowest BCUT2D eigenvalue weighted by Crippen LogP contribution is -2.03. The van der Waals surface area contributed by atoms with Gasteiger partial charge in [0, 0.05) is 0 Å². The Bertz CT molecular complexity index is 901. The average Bonchev–Trinajstić information content (AvgIpc) is 3.08. The Morgan fingerprint density at radius 3 is 2.48 bits per heavy atom. The van der Waals surface area contributed by atoms with Crippen LogP contribution in [0.5, 0.6) is 0 Å². The maximum atomic E-state index is 2.35. The van der Waals surface area contributed by atoms with E-state index < -0.39 is 0 Å². The normalized spacial score (nSPS) is 13.5. The average molecular weight is 325 g/mol. The van der Waals surface area contributed by atoms with Crippen LogP contribution in [0.25, 0.3) is 16.8 Å². The summed E-state index contributed by atoms with van der Waals surface area (Å²) < 4.78 is 0. The van der Waals surface area contributed by atoms with Crippen LogP contribution in [0.4, 0.5) is 0 Å². The Balaban J connectivity index is 1.79. The fraction of sp³-hybridized carbons (Fsp3) is 0.240. The zero-order chi connectivity index (χ0) is 17.1. The van der Waals surface area contributed by atoms with Gasteiger partial charge in [0.1, 0.15) is 0 Å². The van der Waals surface area contributed by atoms with Crippen molar-refractivity contribution in [1.29, 1.82) is 0 Å². The van der Waals surface area contributed by atoms with Gasteiger partial charge in [-0.2, -0.15) is 0 Å². The third-order valence-electron chi connectivity index (χ3n) is 5.26. The molecule has 0 saturated heterocycles. The third kappa shape index (κ3) is 3.14. The highest BCUT2D eigenvalue weighted by atomic mass is 14.3. The fourth-order valence-electron chi connectivity index (χ4n) is 3.95. The van der Waals surface area contributed by atoms with Gasteiger partial charge < -0.3 is 0 Å². The number of rotatable bonds is 6. The second-order valence-electron chi connectivity index (χ2n) is 6.97. The van der Waals surface area contributed by atoms with Crippen LogP contribution < -0.4 is 0 Å². The van der Waals surface area contributed by atoms with Crippen molar-refractivity contribution in [3.8, 4) is 0 Å². The largest absolute Gasteiger partial charge is 0.0674 e. The van der Waals surface area contributed by atoms with Gasteiger partial charge in [-0.05, 0) is 45.9 Å². The van der Waals surface area contributed by atoms with Crippen LogP contribution >= 0.6 is 0 Å². The molecule has 1 aliphatic carbocycles. The molecule has 0 atom stereocenters. The first-order chi connectivity index (χ1) is 12.4. The molecule has 1 radical (unpaired) electrons. The topological polar surface area (TPSA) is 0 Å². The Morgan fingerprint density at radius 2 is 1.56 bits per heavy atom. The molecule has 0 nitrogen and oxygen atoms in total. The van der Waals surface area contributed by atoms with E-state index in [1.165, 1.54) is 71.0 Å². The summed E-state index contributed by atoms with van der Waals surface area (Å²) in [5.41, 5.74) is 5.64. The van der Waals surface area contributed by atoms with Crippen LogP contribution in [0.3, 0.4) is 0 Å². The van der Waals surface area contributed by atoms with Crippen molar-refractivity contribution in [2.45, 2.75) is 39.0 Å². The number of fused-ring (bicyclic) bond motifs is 2. The van der Waals surface area contributed by atoms with Gasteiger partial charge in [-0.3, -0.25) is 0 Å². The molecular formula is C25H25. The number of hydrogen-bond donors (Lipinski definition) is 0. The molecule has 0 spiro atoms. The van der Waals surface area contributed by atoms with E-state index in [4.69, 9.17) is 0 Å². The Hall–Kier alpha value is -2.34. The second kappa shape index (κ2) is 7.27. The van der Waals surface area contributed by atoms with Gasteiger partial charge in [0.25, 0.3) is 0 Å². The smallest absolute Gasteiger partial charge is 0.0572 e. The summed E-state index contributed by atoms with van der Waals surface area (Å²) in [4.78, 5) is 0. The minimum absolute atomic E-state index is 1.17. The summed E-state index contributed by atoms with van der Waals surface area (Å²) in [6, 6.07) is 22.2. The van der Waals surface area contributed by atoms with Gasteiger partial charge >= 0.3 is 0 Å². The summed E-state index contributed by atoms with van der Waals surface area (Å²) in [6.45, 7) is 2.28. The van der Waals surface area contributed by atoms with E-state index in [0.29, 0.717) is 0 Å². The van der Waals surface area contributed by atoms with Crippen molar-refractivity contribution < 1.29 is 0 Å². The number of aryl methyl sites for hydroxylation is 1. The predicted molar refractivity (Wildman–Crippen MR) is 109 cm³/mol. The van der Waals surface area contributed by atoms with Crippen LogP contribution in [-0.4, -0.2) is 0 Å². The molecule has 0 bridgehead atoms. The van der Waals surface area contributed by atoms with Crippen molar-refractivity contribution in [2.24, 2.45) is 0 Å². The van der Waals surface area contributed by atoms with E-state index in [-0.39, 0.29) is 0 Å². The Kier molecular flexibility index (Phi) is 4.70. The van der Waals surface area contributed by atoms with Crippen molar-refractivity contribution in [3.63, 3.8) is 0 Å². The van der Waals surface area contributed by atoms with Crippen LogP contribution in [0.15, 0.2) is 66.7 Å². The molecule has 0 fully saturated rings. The minimum Gasteiger partial charge on any atom is -0.0674 e. The van der Waals surface area contributed by atoms with E-state index in [2.05, 4.69) is 79.7 Å². The summed E-state index contributed by atoms with van der Waals surface area (Å²) in [7, 11) is 0. The minimum atomic E-state index is 1.17. The van der Waals surface area contributed by atoms with Crippen LogP contribution in [0.1, 0.15) is 54.9 Å². The second-order valence-corrected chi connectivity index (χ2v) is 6.97. The summed E-state index contributed by atoms with van der Waals surface area (Å²) in [5, 5.41) is 2.71. The monoisotopic (exact) mass is 325 g/mol. The van der Waals surface area contributed by atoms with Crippen LogP contribution in [0, 0.1) is 5.92 Å². The zero-order valence-corrected chi connectivity index (χ0v) is 15.0. The lowest BCUT2D eigenvalue weighted by atomic mass is 9.84. The summed E-state index contributed by atoms with van der Waals surface area (Å²) >= 11 is 0.